The molecule has 2 aromatic heterocycles. The van der Waals surface area contributed by atoms with E-state index in [2.05, 4.69) is 15.3 Å². The number of aromatic nitrogens is 2. The standard InChI is InChI=1S/C17H18ClN3O4/c1-25-14-3-2-9(7-19-14)15(10-4-12(22)5-10)21-16(23)11-6-13(18)17(24)20-8-11/h2-3,6-8,10,12,15,22H,4-5H2,1H3,(H,20,24)(H,21,23)/t10?,12?,15-/m1/s1. The lowest BCUT2D eigenvalue weighted by Gasteiger charge is -2.38. The number of aliphatic hydroxyl groups excluding tert-OH is 1. The van der Waals surface area contributed by atoms with Gasteiger partial charge in [-0.25, -0.2) is 4.98 Å². The van der Waals surface area contributed by atoms with Gasteiger partial charge in [0.05, 0.1) is 24.8 Å². The van der Waals surface area contributed by atoms with Gasteiger partial charge in [0.15, 0.2) is 0 Å². The number of rotatable bonds is 5. The van der Waals surface area contributed by atoms with Crippen LogP contribution in [0.2, 0.25) is 5.02 Å². The normalized spacial score (nSPS) is 20.4. The monoisotopic (exact) mass is 363 g/mol. The summed E-state index contributed by atoms with van der Waals surface area (Å²) in [5.41, 5.74) is 0.633. The van der Waals surface area contributed by atoms with Gasteiger partial charge >= 0.3 is 0 Å². The summed E-state index contributed by atoms with van der Waals surface area (Å²) in [6.07, 6.45) is 3.82. The first-order valence-corrected chi connectivity index (χ1v) is 8.23. The molecule has 3 N–H and O–H groups in total. The number of H-pyrrole nitrogens is 1. The third-order valence-corrected chi connectivity index (χ3v) is 4.64. The molecule has 3 rings (SSSR count). The SMILES string of the molecule is COc1ccc([C@@H](NC(=O)c2c[nH]c(=O)c(Cl)c2)C2CC(O)C2)cn1. The molecule has 1 saturated carbocycles. The van der Waals surface area contributed by atoms with E-state index in [1.807, 2.05) is 6.07 Å². The molecular weight excluding hydrogens is 346 g/mol. The van der Waals surface area contributed by atoms with Crippen LogP contribution in [0.25, 0.3) is 0 Å². The highest BCUT2D eigenvalue weighted by molar-refractivity contribution is 6.30. The third kappa shape index (κ3) is 3.83. The third-order valence-electron chi connectivity index (χ3n) is 4.36. The van der Waals surface area contributed by atoms with Crippen LogP contribution in [0.5, 0.6) is 5.88 Å². The molecule has 7 nitrogen and oxygen atoms in total. The quantitative estimate of drug-likeness (QED) is 0.749. The summed E-state index contributed by atoms with van der Waals surface area (Å²) in [4.78, 5) is 30.5. The number of hydrogen-bond donors (Lipinski definition) is 3. The van der Waals surface area contributed by atoms with Gasteiger partial charge in [-0.15, -0.1) is 0 Å². The van der Waals surface area contributed by atoms with Crippen LogP contribution in [0.1, 0.15) is 34.8 Å². The van der Waals surface area contributed by atoms with Crippen molar-refractivity contribution in [3.63, 3.8) is 0 Å². The molecule has 0 unspecified atom stereocenters. The highest BCUT2D eigenvalue weighted by atomic mass is 35.5. The lowest BCUT2D eigenvalue weighted by molar-refractivity contribution is 0.0234. The van der Waals surface area contributed by atoms with Crippen LogP contribution in [0, 0.1) is 5.92 Å². The number of pyridine rings is 2. The molecule has 1 atom stereocenters. The number of aliphatic hydroxyl groups is 1. The minimum absolute atomic E-state index is 0.0469. The largest absolute Gasteiger partial charge is 0.481 e. The van der Waals surface area contributed by atoms with Crippen LogP contribution in [0.4, 0.5) is 0 Å². The molecule has 2 aromatic rings. The molecule has 0 saturated heterocycles. The van der Waals surface area contributed by atoms with Crippen molar-refractivity contribution in [2.75, 3.05) is 7.11 Å². The van der Waals surface area contributed by atoms with Crippen molar-refractivity contribution in [1.29, 1.82) is 0 Å². The Hall–Kier alpha value is -2.38. The smallest absolute Gasteiger partial charge is 0.266 e. The maximum Gasteiger partial charge on any atom is 0.266 e. The van der Waals surface area contributed by atoms with E-state index >= 15 is 0 Å². The van der Waals surface area contributed by atoms with Crippen molar-refractivity contribution < 1.29 is 14.6 Å². The Morgan fingerprint density at radius 1 is 1.48 bits per heavy atom. The molecule has 1 fully saturated rings. The first-order chi connectivity index (χ1) is 12.0. The molecule has 2 heterocycles. The number of ether oxygens (including phenoxy) is 1. The number of nitrogens with zero attached hydrogens (tertiary/aromatic N) is 1. The molecule has 1 amide bonds. The van der Waals surface area contributed by atoms with Crippen LogP contribution in [-0.2, 0) is 0 Å². The molecule has 8 heteroatoms. The second-order valence-electron chi connectivity index (χ2n) is 6.04. The second-order valence-corrected chi connectivity index (χ2v) is 6.44. The molecule has 0 radical (unpaired) electrons. The predicted octanol–water partition coefficient (Wildman–Crippen LogP) is 1.67. The van der Waals surface area contributed by atoms with Crippen LogP contribution >= 0.6 is 11.6 Å². The van der Waals surface area contributed by atoms with Gasteiger partial charge in [-0.05, 0) is 30.4 Å². The Bertz CT molecular complexity index is 815. The number of aromatic amines is 1. The molecule has 1 aliphatic carbocycles. The first-order valence-electron chi connectivity index (χ1n) is 7.85. The van der Waals surface area contributed by atoms with Crippen LogP contribution in [0.3, 0.4) is 0 Å². The van der Waals surface area contributed by atoms with E-state index in [4.69, 9.17) is 16.3 Å². The molecule has 132 valence electrons. The zero-order chi connectivity index (χ0) is 18.0. The Morgan fingerprint density at radius 2 is 2.24 bits per heavy atom. The summed E-state index contributed by atoms with van der Waals surface area (Å²) in [6, 6.07) is 4.58. The molecule has 0 aromatic carbocycles. The molecular formula is C17H18ClN3O4. The summed E-state index contributed by atoms with van der Waals surface area (Å²) >= 11 is 5.78. The van der Waals surface area contributed by atoms with Crippen molar-refractivity contribution >= 4 is 17.5 Å². The molecule has 0 bridgehead atoms. The van der Waals surface area contributed by atoms with Crippen LogP contribution in [0.15, 0.2) is 35.4 Å². The lowest BCUT2D eigenvalue weighted by Crippen LogP contribution is -2.41. The summed E-state index contributed by atoms with van der Waals surface area (Å²) in [5.74, 6) is 0.225. The van der Waals surface area contributed by atoms with Crippen LogP contribution in [-0.4, -0.2) is 34.2 Å². The van der Waals surface area contributed by atoms with E-state index in [0.29, 0.717) is 18.7 Å². The van der Waals surface area contributed by atoms with E-state index < -0.39 is 5.56 Å². The highest BCUT2D eigenvalue weighted by Crippen LogP contribution is 2.38. The average molecular weight is 364 g/mol. The predicted molar refractivity (Wildman–Crippen MR) is 91.8 cm³/mol. The lowest BCUT2D eigenvalue weighted by atomic mass is 9.75. The van der Waals surface area contributed by atoms with Crippen LogP contribution < -0.4 is 15.6 Å². The van der Waals surface area contributed by atoms with E-state index in [1.54, 1.807) is 12.3 Å². The number of carbonyl (C=O) groups is 1. The fraction of sp³-hybridized carbons (Fsp3) is 0.353. The average Bonchev–Trinajstić information content (AvgIpc) is 2.59. The number of halogens is 1. The number of nitrogens with one attached hydrogen (secondary N) is 2. The minimum atomic E-state index is -0.448. The maximum atomic E-state index is 12.5. The zero-order valence-electron chi connectivity index (χ0n) is 13.5. The zero-order valence-corrected chi connectivity index (χ0v) is 14.3. The minimum Gasteiger partial charge on any atom is -0.481 e. The Labute approximate surface area is 149 Å². The maximum absolute atomic E-state index is 12.5. The molecule has 0 spiro atoms. The Morgan fingerprint density at radius 3 is 2.80 bits per heavy atom. The molecule has 25 heavy (non-hydrogen) atoms. The number of amides is 1. The van der Waals surface area contributed by atoms with Gasteiger partial charge in [0.1, 0.15) is 5.02 Å². The summed E-state index contributed by atoms with van der Waals surface area (Å²) in [7, 11) is 1.53. The van der Waals surface area contributed by atoms with E-state index in [1.165, 1.54) is 19.4 Å². The van der Waals surface area contributed by atoms with E-state index in [-0.39, 0.29) is 34.6 Å². The van der Waals surface area contributed by atoms with Crippen molar-refractivity contribution in [3.8, 4) is 5.88 Å². The van der Waals surface area contributed by atoms with Crippen molar-refractivity contribution in [1.82, 2.24) is 15.3 Å². The number of carbonyl (C=O) groups excluding carboxylic acids is 1. The second kappa shape index (κ2) is 7.25. The Balaban J connectivity index is 1.82. The van der Waals surface area contributed by atoms with Crippen molar-refractivity contribution in [2.45, 2.75) is 25.0 Å². The van der Waals surface area contributed by atoms with Gasteiger partial charge in [0.2, 0.25) is 5.88 Å². The van der Waals surface area contributed by atoms with Gasteiger partial charge in [0, 0.05) is 18.5 Å². The molecule has 0 aliphatic heterocycles. The summed E-state index contributed by atoms with van der Waals surface area (Å²) in [5, 5.41) is 12.5. The topological polar surface area (TPSA) is 104 Å². The van der Waals surface area contributed by atoms with Crippen molar-refractivity contribution in [2.24, 2.45) is 5.92 Å². The van der Waals surface area contributed by atoms with Gasteiger partial charge in [0.25, 0.3) is 11.5 Å². The van der Waals surface area contributed by atoms with Gasteiger partial charge in [-0.1, -0.05) is 17.7 Å². The number of methoxy groups -OCH3 is 1. The van der Waals surface area contributed by atoms with Gasteiger partial charge < -0.3 is 20.1 Å². The summed E-state index contributed by atoms with van der Waals surface area (Å²) in [6.45, 7) is 0. The van der Waals surface area contributed by atoms with E-state index in [0.717, 1.165) is 5.56 Å². The van der Waals surface area contributed by atoms with Gasteiger partial charge in [-0.3, -0.25) is 9.59 Å². The number of hydrogen-bond acceptors (Lipinski definition) is 5. The fourth-order valence-electron chi connectivity index (χ4n) is 2.88. The Kier molecular flexibility index (Phi) is 5.06. The van der Waals surface area contributed by atoms with Gasteiger partial charge in [-0.2, -0.15) is 0 Å². The van der Waals surface area contributed by atoms with Crippen molar-refractivity contribution in [3.05, 3.63) is 57.1 Å². The highest BCUT2D eigenvalue weighted by Gasteiger charge is 2.36. The van der Waals surface area contributed by atoms with E-state index in [9.17, 15) is 14.7 Å². The molecule has 1 aliphatic rings. The first kappa shape index (κ1) is 17.4. The summed E-state index contributed by atoms with van der Waals surface area (Å²) < 4.78 is 5.05. The fourth-order valence-corrected chi connectivity index (χ4v) is 3.06.